The Morgan fingerprint density at radius 3 is 2.52 bits per heavy atom. The van der Waals surface area contributed by atoms with Crippen LogP contribution >= 0.6 is 0 Å². The van der Waals surface area contributed by atoms with Gasteiger partial charge < -0.3 is 16.0 Å². The van der Waals surface area contributed by atoms with E-state index in [1.54, 1.807) is 12.1 Å². The first kappa shape index (κ1) is 14.0. The summed E-state index contributed by atoms with van der Waals surface area (Å²) in [6.45, 7) is 3.01. The van der Waals surface area contributed by atoms with E-state index >= 15 is 0 Å². The van der Waals surface area contributed by atoms with E-state index in [2.05, 4.69) is 14.5 Å². The van der Waals surface area contributed by atoms with Crippen LogP contribution < -0.4 is 11.5 Å². The zero-order valence-corrected chi connectivity index (χ0v) is 13.2. The van der Waals surface area contributed by atoms with Crippen LogP contribution in [0.15, 0.2) is 24.3 Å². The van der Waals surface area contributed by atoms with Crippen LogP contribution in [0.2, 0.25) is 0 Å². The van der Waals surface area contributed by atoms with Crippen molar-refractivity contribution in [1.82, 2.24) is 19.5 Å². The molecule has 0 bridgehead atoms. The molecule has 1 fully saturated rings. The number of nitrogen functional groups attached to an aromatic ring is 2. The highest BCUT2D eigenvalue weighted by Crippen LogP contribution is 2.33. The summed E-state index contributed by atoms with van der Waals surface area (Å²) in [4.78, 5) is 13.4. The largest absolute Gasteiger partial charge is 0.384 e. The lowest BCUT2D eigenvalue weighted by atomic mass is 10.1. The molecule has 118 valence electrons. The summed E-state index contributed by atoms with van der Waals surface area (Å²) in [6, 6.07) is 7.55. The number of anilines is 2. The van der Waals surface area contributed by atoms with Gasteiger partial charge in [-0.05, 0) is 43.5 Å². The molecule has 23 heavy (non-hydrogen) atoms. The molecule has 3 aromatic rings. The van der Waals surface area contributed by atoms with Gasteiger partial charge in [-0.15, -0.1) is 0 Å². The van der Waals surface area contributed by atoms with Gasteiger partial charge in [0.1, 0.15) is 23.0 Å². The zero-order valence-electron chi connectivity index (χ0n) is 13.2. The number of hydrogen-bond donors (Lipinski definition) is 2. The quantitative estimate of drug-likeness (QED) is 0.772. The third-order valence-electron chi connectivity index (χ3n) is 4.40. The molecule has 0 aliphatic heterocycles. The van der Waals surface area contributed by atoms with Crippen LogP contribution in [0.25, 0.3) is 22.4 Å². The number of nitrogens with zero attached hydrogens (tertiary/aromatic N) is 4. The first-order valence-electron chi connectivity index (χ1n) is 7.97. The van der Waals surface area contributed by atoms with Crippen molar-refractivity contribution in [2.45, 2.75) is 32.7 Å². The van der Waals surface area contributed by atoms with E-state index < -0.39 is 0 Å². The van der Waals surface area contributed by atoms with Gasteiger partial charge in [0, 0.05) is 12.1 Å². The second-order valence-electron chi connectivity index (χ2n) is 6.29. The van der Waals surface area contributed by atoms with Crippen molar-refractivity contribution in [2.24, 2.45) is 5.92 Å². The number of fused-ring (bicyclic) bond motifs is 1. The smallest absolute Gasteiger partial charge is 0.160 e. The van der Waals surface area contributed by atoms with Crippen molar-refractivity contribution in [2.75, 3.05) is 11.5 Å². The highest BCUT2D eigenvalue weighted by Gasteiger charge is 2.21. The molecule has 0 amide bonds. The molecular formula is C17H20N6. The molecule has 3 aromatic heterocycles. The van der Waals surface area contributed by atoms with Crippen molar-refractivity contribution < 1.29 is 0 Å². The average Bonchev–Trinajstić information content (AvgIpc) is 3.27. The monoisotopic (exact) mass is 308 g/mol. The van der Waals surface area contributed by atoms with E-state index in [1.807, 2.05) is 19.1 Å². The van der Waals surface area contributed by atoms with E-state index in [1.165, 1.54) is 19.3 Å². The average molecular weight is 308 g/mol. The first-order chi connectivity index (χ1) is 11.1. The number of aryl methyl sites for hydroxylation is 2. The molecule has 6 nitrogen and oxygen atoms in total. The Hall–Kier alpha value is -2.63. The van der Waals surface area contributed by atoms with Gasteiger partial charge in [-0.25, -0.2) is 15.0 Å². The fraction of sp³-hybridized carbons (Fsp3) is 0.353. The Labute approximate surface area is 134 Å². The van der Waals surface area contributed by atoms with E-state index in [0.29, 0.717) is 11.6 Å². The fourth-order valence-electron chi connectivity index (χ4n) is 2.98. The molecule has 4 rings (SSSR count). The topological polar surface area (TPSA) is 95.6 Å². The molecule has 0 atom stereocenters. The maximum absolute atomic E-state index is 5.79. The van der Waals surface area contributed by atoms with Crippen LogP contribution in [0.5, 0.6) is 0 Å². The number of pyridine rings is 2. The van der Waals surface area contributed by atoms with E-state index in [-0.39, 0.29) is 0 Å². The van der Waals surface area contributed by atoms with Crippen LogP contribution in [-0.4, -0.2) is 19.5 Å². The first-order valence-corrected chi connectivity index (χ1v) is 7.97. The fourth-order valence-corrected chi connectivity index (χ4v) is 2.98. The highest BCUT2D eigenvalue weighted by molar-refractivity contribution is 5.77. The number of rotatable bonds is 4. The maximum Gasteiger partial charge on any atom is 0.160 e. The summed E-state index contributed by atoms with van der Waals surface area (Å²) in [6.07, 6.45) is 3.92. The van der Waals surface area contributed by atoms with Gasteiger partial charge in [-0.2, -0.15) is 0 Å². The molecule has 1 aliphatic rings. The summed E-state index contributed by atoms with van der Waals surface area (Å²) in [5.74, 6) is 2.70. The van der Waals surface area contributed by atoms with Gasteiger partial charge in [0.05, 0.1) is 5.69 Å². The van der Waals surface area contributed by atoms with Crippen LogP contribution in [0.3, 0.4) is 0 Å². The molecule has 0 aromatic carbocycles. The number of aromatic nitrogens is 4. The Morgan fingerprint density at radius 1 is 1.09 bits per heavy atom. The minimum absolute atomic E-state index is 0.403. The number of imidazole rings is 1. The SMILES string of the molecule is Cc1nc2ccc(-c3cc(N)nc(N)c3)nc2n1CCC1CC1. The minimum Gasteiger partial charge on any atom is -0.384 e. The molecule has 1 aliphatic carbocycles. The summed E-state index contributed by atoms with van der Waals surface area (Å²) in [5, 5.41) is 0. The molecule has 3 heterocycles. The van der Waals surface area contributed by atoms with E-state index in [0.717, 1.165) is 40.7 Å². The molecule has 0 radical (unpaired) electrons. The lowest BCUT2D eigenvalue weighted by Gasteiger charge is -2.07. The molecule has 6 heteroatoms. The van der Waals surface area contributed by atoms with Crippen molar-refractivity contribution in [1.29, 1.82) is 0 Å². The van der Waals surface area contributed by atoms with Crippen molar-refractivity contribution in [3.63, 3.8) is 0 Å². The van der Waals surface area contributed by atoms with Crippen molar-refractivity contribution in [3.8, 4) is 11.3 Å². The van der Waals surface area contributed by atoms with Crippen LogP contribution in [0, 0.1) is 12.8 Å². The molecular weight excluding hydrogens is 288 g/mol. The molecule has 0 spiro atoms. The lowest BCUT2D eigenvalue weighted by Crippen LogP contribution is -2.03. The third-order valence-corrected chi connectivity index (χ3v) is 4.40. The molecule has 4 N–H and O–H groups in total. The summed E-state index contributed by atoms with van der Waals surface area (Å²) in [5.41, 5.74) is 15.2. The van der Waals surface area contributed by atoms with Gasteiger partial charge in [0.25, 0.3) is 0 Å². The minimum atomic E-state index is 0.403. The predicted molar refractivity (Wildman–Crippen MR) is 91.7 cm³/mol. The second-order valence-corrected chi connectivity index (χ2v) is 6.29. The summed E-state index contributed by atoms with van der Waals surface area (Å²) in [7, 11) is 0. The molecule has 0 saturated heterocycles. The lowest BCUT2D eigenvalue weighted by molar-refractivity contribution is 0.593. The number of nitrogens with two attached hydrogens (primary N) is 2. The van der Waals surface area contributed by atoms with E-state index in [4.69, 9.17) is 16.5 Å². The van der Waals surface area contributed by atoms with Crippen molar-refractivity contribution >= 4 is 22.8 Å². The normalized spacial score (nSPS) is 14.5. The van der Waals surface area contributed by atoms with Gasteiger partial charge in [0.15, 0.2) is 5.65 Å². The Kier molecular flexibility index (Phi) is 3.18. The van der Waals surface area contributed by atoms with Crippen LogP contribution in [0.1, 0.15) is 25.1 Å². The Bertz CT molecular complexity index is 858. The van der Waals surface area contributed by atoms with Gasteiger partial charge in [0.2, 0.25) is 0 Å². The maximum atomic E-state index is 5.79. The second kappa shape index (κ2) is 5.22. The Balaban J connectivity index is 1.77. The predicted octanol–water partition coefficient (Wildman–Crippen LogP) is 2.77. The summed E-state index contributed by atoms with van der Waals surface area (Å²) < 4.78 is 2.21. The van der Waals surface area contributed by atoms with Gasteiger partial charge >= 0.3 is 0 Å². The van der Waals surface area contributed by atoms with Crippen molar-refractivity contribution in [3.05, 3.63) is 30.1 Å². The standard InChI is InChI=1S/C17H20N6/c1-10-20-14-5-4-13(12-8-15(18)22-16(19)9-12)21-17(14)23(10)7-6-11-2-3-11/h4-5,8-9,11H,2-3,6-7H2,1H3,(H4,18,19,22). The zero-order chi connectivity index (χ0) is 16.0. The van der Waals surface area contributed by atoms with E-state index in [9.17, 15) is 0 Å². The van der Waals surface area contributed by atoms with Gasteiger partial charge in [-0.3, -0.25) is 0 Å². The Morgan fingerprint density at radius 2 is 1.83 bits per heavy atom. The third kappa shape index (κ3) is 2.72. The summed E-state index contributed by atoms with van der Waals surface area (Å²) >= 11 is 0. The van der Waals surface area contributed by atoms with Crippen LogP contribution in [0.4, 0.5) is 11.6 Å². The molecule has 0 unspecified atom stereocenters. The highest BCUT2D eigenvalue weighted by atomic mass is 15.1. The molecule has 1 saturated carbocycles. The van der Waals surface area contributed by atoms with Crippen LogP contribution in [-0.2, 0) is 6.54 Å². The number of hydrogen-bond acceptors (Lipinski definition) is 5. The van der Waals surface area contributed by atoms with Gasteiger partial charge in [-0.1, -0.05) is 12.8 Å².